The van der Waals surface area contributed by atoms with Crippen LogP contribution in [0.15, 0.2) is 24.7 Å². The number of carboxylic acids is 1. The molecule has 0 radical (unpaired) electrons. The Kier molecular flexibility index (Phi) is 2.91. The van der Waals surface area contributed by atoms with Gasteiger partial charge in [0.25, 0.3) is 0 Å². The summed E-state index contributed by atoms with van der Waals surface area (Å²) in [7, 11) is 1.84. The van der Waals surface area contributed by atoms with E-state index in [0.717, 1.165) is 23.2 Å². The van der Waals surface area contributed by atoms with E-state index in [1.54, 1.807) is 16.9 Å². The van der Waals surface area contributed by atoms with Crippen LogP contribution in [0.3, 0.4) is 0 Å². The van der Waals surface area contributed by atoms with Gasteiger partial charge >= 0.3 is 5.97 Å². The Balaban J connectivity index is 2.52. The van der Waals surface area contributed by atoms with E-state index < -0.39 is 5.97 Å². The maximum absolute atomic E-state index is 10.9. The van der Waals surface area contributed by atoms with Gasteiger partial charge in [-0.05, 0) is 12.5 Å². The fourth-order valence-corrected chi connectivity index (χ4v) is 1.74. The third kappa shape index (κ3) is 2.18. The topological polar surface area (TPSA) is 68.0 Å². The first-order valence-corrected chi connectivity index (χ1v) is 5.33. The lowest BCUT2D eigenvalue weighted by atomic mass is 10.1. The molecule has 0 aliphatic carbocycles. The van der Waals surface area contributed by atoms with Crippen molar-refractivity contribution in [1.82, 2.24) is 14.8 Å². The molecule has 2 aromatic rings. The maximum Gasteiger partial charge on any atom is 0.337 e. The third-order valence-electron chi connectivity index (χ3n) is 2.54. The minimum atomic E-state index is -0.971. The summed E-state index contributed by atoms with van der Waals surface area (Å²) in [5.41, 5.74) is 2.85. The van der Waals surface area contributed by atoms with Crippen LogP contribution in [0, 0.1) is 0 Å². The molecular formula is C12H13N3O2. The minimum absolute atomic E-state index is 0.188. The van der Waals surface area contributed by atoms with E-state index in [9.17, 15) is 4.79 Å². The zero-order chi connectivity index (χ0) is 12.4. The molecule has 0 spiro atoms. The molecule has 0 saturated carbocycles. The molecular weight excluding hydrogens is 218 g/mol. The lowest BCUT2D eigenvalue weighted by molar-refractivity contribution is 0.0696. The molecule has 1 N–H and O–H groups in total. The Labute approximate surface area is 98.7 Å². The van der Waals surface area contributed by atoms with E-state index in [0.29, 0.717) is 0 Å². The van der Waals surface area contributed by atoms with Crippen LogP contribution in [0.4, 0.5) is 0 Å². The number of hydrogen-bond donors (Lipinski definition) is 1. The number of aryl methyl sites for hydroxylation is 2. The van der Waals surface area contributed by atoms with Crippen LogP contribution in [0.2, 0.25) is 0 Å². The van der Waals surface area contributed by atoms with Crippen LogP contribution in [0.5, 0.6) is 0 Å². The molecule has 0 aromatic carbocycles. The van der Waals surface area contributed by atoms with Gasteiger partial charge in [0.2, 0.25) is 0 Å². The van der Waals surface area contributed by atoms with Crippen molar-refractivity contribution < 1.29 is 9.90 Å². The van der Waals surface area contributed by atoms with Gasteiger partial charge < -0.3 is 5.11 Å². The first kappa shape index (κ1) is 11.3. The monoisotopic (exact) mass is 231 g/mol. The highest BCUT2D eigenvalue weighted by molar-refractivity contribution is 5.88. The molecule has 0 aliphatic rings. The van der Waals surface area contributed by atoms with E-state index in [1.165, 1.54) is 6.20 Å². The molecule has 17 heavy (non-hydrogen) atoms. The molecule has 0 fully saturated rings. The van der Waals surface area contributed by atoms with Crippen LogP contribution < -0.4 is 0 Å². The Bertz CT molecular complexity index is 561. The molecule has 0 aliphatic heterocycles. The third-order valence-corrected chi connectivity index (χ3v) is 2.54. The highest BCUT2D eigenvalue weighted by atomic mass is 16.4. The van der Waals surface area contributed by atoms with Gasteiger partial charge in [0, 0.05) is 36.8 Å². The standard InChI is InChI=1S/C12H13N3O2/c1-3-11-10(7-15(2)14-11)8-4-9(12(16)17)6-13-5-8/h4-7H,3H2,1-2H3,(H,16,17). The van der Waals surface area contributed by atoms with Crippen molar-refractivity contribution in [1.29, 1.82) is 0 Å². The summed E-state index contributed by atoms with van der Waals surface area (Å²) in [5, 5.41) is 13.2. The van der Waals surface area contributed by atoms with Gasteiger partial charge in [-0.15, -0.1) is 0 Å². The predicted molar refractivity (Wildman–Crippen MR) is 62.8 cm³/mol. The van der Waals surface area contributed by atoms with Crippen LogP contribution in [-0.2, 0) is 13.5 Å². The second kappa shape index (κ2) is 4.37. The maximum atomic E-state index is 10.9. The number of aromatic carboxylic acids is 1. The van der Waals surface area contributed by atoms with Gasteiger partial charge in [0.15, 0.2) is 0 Å². The number of hydrogen-bond acceptors (Lipinski definition) is 3. The van der Waals surface area contributed by atoms with Crippen molar-refractivity contribution in [2.45, 2.75) is 13.3 Å². The van der Waals surface area contributed by atoms with Crippen molar-refractivity contribution in [3.05, 3.63) is 35.9 Å². The zero-order valence-electron chi connectivity index (χ0n) is 9.71. The Hall–Kier alpha value is -2.17. The van der Waals surface area contributed by atoms with Crippen molar-refractivity contribution in [2.24, 2.45) is 7.05 Å². The number of rotatable bonds is 3. The first-order valence-electron chi connectivity index (χ1n) is 5.33. The SMILES string of the molecule is CCc1nn(C)cc1-c1cncc(C(=O)O)c1. The molecule has 0 unspecified atom stereocenters. The zero-order valence-corrected chi connectivity index (χ0v) is 9.71. The summed E-state index contributed by atoms with van der Waals surface area (Å²) >= 11 is 0. The Morgan fingerprint density at radius 1 is 1.47 bits per heavy atom. The molecule has 2 heterocycles. The second-order valence-electron chi connectivity index (χ2n) is 3.78. The van der Waals surface area contributed by atoms with Crippen molar-refractivity contribution >= 4 is 5.97 Å². The number of carbonyl (C=O) groups is 1. The van der Waals surface area contributed by atoms with Gasteiger partial charge in [-0.3, -0.25) is 9.67 Å². The van der Waals surface area contributed by atoms with Crippen molar-refractivity contribution in [2.75, 3.05) is 0 Å². The van der Waals surface area contributed by atoms with E-state index in [2.05, 4.69) is 10.1 Å². The fraction of sp³-hybridized carbons (Fsp3) is 0.250. The number of pyridine rings is 1. The lowest BCUT2D eigenvalue weighted by Crippen LogP contribution is -1.97. The van der Waals surface area contributed by atoms with Crippen LogP contribution in [0.25, 0.3) is 11.1 Å². The molecule has 2 rings (SSSR count). The van der Waals surface area contributed by atoms with Gasteiger partial charge in [0.1, 0.15) is 0 Å². The number of nitrogens with zero attached hydrogens (tertiary/aromatic N) is 3. The van der Waals surface area contributed by atoms with Gasteiger partial charge in [0.05, 0.1) is 11.3 Å². The molecule has 5 heteroatoms. The fourth-order valence-electron chi connectivity index (χ4n) is 1.74. The summed E-state index contributed by atoms with van der Waals surface area (Å²) in [6.45, 7) is 2.01. The molecule has 0 amide bonds. The summed E-state index contributed by atoms with van der Waals surface area (Å²) in [6, 6.07) is 1.62. The second-order valence-corrected chi connectivity index (χ2v) is 3.78. The van der Waals surface area contributed by atoms with Gasteiger partial charge in [-0.2, -0.15) is 5.10 Å². The Morgan fingerprint density at radius 3 is 2.88 bits per heavy atom. The summed E-state index contributed by atoms with van der Waals surface area (Å²) in [6.07, 6.45) is 5.67. The van der Waals surface area contributed by atoms with Crippen LogP contribution in [0.1, 0.15) is 23.0 Å². The normalized spacial score (nSPS) is 10.5. The molecule has 0 atom stereocenters. The highest BCUT2D eigenvalue weighted by Gasteiger charge is 2.11. The quantitative estimate of drug-likeness (QED) is 0.873. The van der Waals surface area contributed by atoms with E-state index >= 15 is 0 Å². The Morgan fingerprint density at radius 2 is 2.24 bits per heavy atom. The number of aromatic nitrogens is 3. The summed E-state index contributed by atoms with van der Waals surface area (Å²) in [5.74, 6) is -0.971. The van der Waals surface area contributed by atoms with Gasteiger partial charge in [-0.25, -0.2) is 4.79 Å². The average molecular weight is 231 g/mol. The van der Waals surface area contributed by atoms with Crippen LogP contribution >= 0.6 is 0 Å². The predicted octanol–water partition coefficient (Wildman–Crippen LogP) is 1.74. The van der Waals surface area contributed by atoms with Crippen molar-refractivity contribution in [3.63, 3.8) is 0 Å². The first-order chi connectivity index (χ1) is 8.11. The molecule has 2 aromatic heterocycles. The lowest BCUT2D eigenvalue weighted by Gasteiger charge is -2.01. The molecule has 88 valence electrons. The smallest absolute Gasteiger partial charge is 0.337 e. The van der Waals surface area contributed by atoms with E-state index in [4.69, 9.17) is 5.11 Å². The minimum Gasteiger partial charge on any atom is -0.478 e. The molecule has 0 bridgehead atoms. The van der Waals surface area contributed by atoms with E-state index in [-0.39, 0.29) is 5.56 Å². The molecule has 0 saturated heterocycles. The largest absolute Gasteiger partial charge is 0.478 e. The molecule has 5 nitrogen and oxygen atoms in total. The summed E-state index contributed by atoms with van der Waals surface area (Å²) < 4.78 is 1.72. The highest BCUT2D eigenvalue weighted by Crippen LogP contribution is 2.23. The van der Waals surface area contributed by atoms with Crippen molar-refractivity contribution in [3.8, 4) is 11.1 Å². The van der Waals surface area contributed by atoms with Gasteiger partial charge in [-0.1, -0.05) is 6.92 Å². The summed E-state index contributed by atoms with van der Waals surface area (Å²) in [4.78, 5) is 14.8. The van der Waals surface area contributed by atoms with E-state index in [1.807, 2.05) is 20.2 Å². The number of carboxylic acid groups (broad SMARTS) is 1. The van der Waals surface area contributed by atoms with Crippen LogP contribution in [-0.4, -0.2) is 25.8 Å². The average Bonchev–Trinajstić information content (AvgIpc) is 2.70.